The van der Waals surface area contributed by atoms with Gasteiger partial charge in [0.15, 0.2) is 0 Å². The van der Waals surface area contributed by atoms with Crippen LogP contribution >= 0.6 is 11.8 Å². The van der Waals surface area contributed by atoms with Gasteiger partial charge in [0.1, 0.15) is 6.10 Å². The van der Waals surface area contributed by atoms with Crippen molar-refractivity contribution in [1.29, 1.82) is 0 Å². The van der Waals surface area contributed by atoms with E-state index in [1.807, 2.05) is 80.6 Å². The summed E-state index contributed by atoms with van der Waals surface area (Å²) in [6.07, 6.45) is -0.873. The normalized spacial score (nSPS) is 12.5. The summed E-state index contributed by atoms with van der Waals surface area (Å²) in [4.78, 5) is 8.85. The van der Waals surface area contributed by atoms with Crippen molar-refractivity contribution in [1.82, 2.24) is 19.6 Å². The van der Waals surface area contributed by atoms with Gasteiger partial charge in [0, 0.05) is 17.1 Å². The molecule has 7 heteroatoms. The van der Waals surface area contributed by atoms with Crippen LogP contribution in [0.4, 0.5) is 0 Å². The summed E-state index contributed by atoms with van der Waals surface area (Å²) in [5.74, 6) is 1.01. The van der Waals surface area contributed by atoms with Crippen LogP contribution in [-0.2, 0) is 4.74 Å². The average molecular weight is 421 g/mol. The molecular weight excluding hydrogens is 396 g/mol. The van der Waals surface area contributed by atoms with Crippen molar-refractivity contribution in [2.75, 3.05) is 12.4 Å². The van der Waals surface area contributed by atoms with Crippen LogP contribution in [-0.4, -0.2) is 43.2 Å². The lowest BCUT2D eigenvalue weighted by Crippen LogP contribution is -2.20. The molecule has 0 aliphatic heterocycles. The molecule has 0 saturated heterocycles. The van der Waals surface area contributed by atoms with E-state index in [0.29, 0.717) is 16.7 Å². The molecule has 1 atom stereocenters. The third-order valence-corrected chi connectivity index (χ3v) is 5.65. The number of aliphatic hydroxyl groups excluding tert-OH is 1. The second kappa shape index (κ2) is 9.38. The Balaban J connectivity index is 1.39. The number of rotatable bonds is 8. The van der Waals surface area contributed by atoms with Crippen molar-refractivity contribution in [2.24, 2.45) is 0 Å². The lowest BCUT2D eigenvalue weighted by atomic mass is 10.0. The molecule has 0 amide bonds. The third-order valence-electron chi connectivity index (χ3n) is 4.66. The van der Waals surface area contributed by atoms with Gasteiger partial charge in [-0.25, -0.2) is 9.50 Å². The summed E-state index contributed by atoms with van der Waals surface area (Å²) in [5, 5.41) is 15.6. The van der Waals surface area contributed by atoms with Gasteiger partial charge in [-0.1, -0.05) is 72.4 Å². The molecule has 4 aromatic rings. The number of aromatic nitrogens is 4. The highest BCUT2D eigenvalue weighted by atomic mass is 32.2. The highest BCUT2D eigenvalue weighted by Crippen LogP contribution is 2.26. The number of hydrogen-bond donors (Lipinski definition) is 1. The summed E-state index contributed by atoms with van der Waals surface area (Å²) >= 11 is 1.40. The smallest absolute Gasteiger partial charge is 0.253 e. The van der Waals surface area contributed by atoms with Gasteiger partial charge in [0.25, 0.3) is 5.78 Å². The van der Waals surface area contributed by atoms with Crippen molar-refractivity contribution in [3.8, 4) is 0 Å². The number of ether oxygens (including phenoxy) is 1. The molecule has 0 spiro atoms. The minimum absolute atomic E-state index is 0.214. The van der Waals surface area contributed by atoms with Crippen molar-refractivity contribution >= 4 is 17.5 Å². The van der Waals surface area contributed by atoms with Gasteiger partial charge in [0.05, 0.1) is 12.7 Å². The minimum Gasteiger partial charge on any atom is -0.390 e. The van der Waals surface area contributed by atoms with Gasteiger partial charge in [-0.15, -0.1) is 5.10 Å². The standard InChI is InChI=1S/C23H24N4O2S/c1-16-13-17(2)27-22(24-16)25-23(26-27)30-15-20(28)14-29-21(18-9-5-3-6-10-18)19-11-7-4-8-12-19/h3-13,20-21,28H,14-15H2,1-2H3/t20-/m1/s1. The van der Waals surface area contributed by atoms with Crippen molar-refractivity contribution in [2.45, 2.75) is 31.2 Å². The maximum absolute atomic E-state index is 10.5. The monoisotopic (exact) mass is 420 g/mol. The fraction of sp³-hybridized carbons (Fsp3) is 0.261. The van der Waals surface area contributed by atoms with E-state index in [2.05, 4.69) is 15.1 Å². The second-order valence-corrected chi connectivity index (χ2v) is 8.13. The van der Waals surface area contributed by atoms with Crippen molar-refractivity contribution < 1.29 is 9.84 Å². The van der Waals surface area contributed by atoms with Gasteiger partial charge in [-0.3, -0.25) is 0 Å². The quantitative estimate of drug-likeness (QED) is 0.435. The van der Waals surface area contributed by atoms with Crippen LogP contribution in [0.2, 0.25) is 0 Å². The van der Waals surface area contributed by atoms with Gasteiger partial charge in [0.2, 0.25) is 5.16 Å². The Morgan fingerprint density at radius 2 is 1.60 bits per heavy atom. The fourth-order valence-electron chi connectivity index (χ4n) is 3.28. The zero-order chi connectivity index (χ0) is 20.9. The molecule has 0 aliphatic rings. The molecule has 1 N–H and O–H groups in total. The van der Waals surface area contributed by atoms with E-state index in [1.54, 1.807) is 4.52 Å². The topological polar surface area (TPSA) is 72.5 Å². The van der Waals surface area contributed by atoms with Gasteiger partial charge < -0.3 is 9.84 Å². The molecule has 154 valence electrons. The van der Waals surface area contributed by atoms with E-state index < -0.39 is 6.10 Å². The Labute approximate surface area is 180 Å². The Hall–Kier alpha value is -2.74. The average Bonchev–Trinajstić information content (AvgIpc) is 3.17. The number of aliphatic hydroxyl groups is 1. The Kier molecular flexibility index (Phi) is 6.42. The Bertz CT molecular complexity index is 1060. The Morgan fingerprint density at radius 1 is 0.967 bits per heavy atom. The van der Waals surface area contributed by atoms with Crippen molar-refractivity contribution in [3.05, 3.63) is 89.2 Å². The summed E-state index contributed by atoms with van der Waals surface area (Å²) in [6, 6.07) is 22.1. The summed E-state index contributed by atoms with van der Waals surface area (Å²) < 4.78 is 7.86. The molecule has 30 heavy (non-hydrogen) atoms. The van der Waals surface area contributed by atoms with E-state index >= 15 is 0 Å². The zero-order valence-corrected chi connectivity index (χ0v) is 17.8. The van der Waals surface area contributed by atoms with Crippen LogP contribution in [0, 0.1) is 13.8 Å². The molecule has 2 aromatic carbocycles. The SMILES string of the molecule is Cc1cc(C)n2nc(SC[C@H](O)COC(c3ccccc3)c3ccccc3)nc2n1. The molecular formula is C23H24N4O2S. The zero-order valence-electron chi connectivity index (χ0n) is 17.0. The number of aryl methyl sites for hydroxylation is 2. The molecule has 0 aliphatic carbocycles. The lowest BCUT2D eigenvalue weighted by Gasteiger charge is -2.20. The molecule has 0 radical (unpaired) electrons. The van der Waals surface area contributed by atoms with Crippen LogP contribution in [0.15, 0.2) is 71.9 Å². The highest BCUT2D eigenvalue weighted by molar-refractivity contribution is 7.99. The first-order valence-corrected chi connectivity index (χ1v) is 10.8. The number of thioether (sulfide) groups is 1. The van der Waals surface area contributed by atoms with Crippen LogP contribution in [0.3, 0.4) is 0 Å². The number of benzene rings is 2. The summed E-state index contributed by atoms with van der Waals surface area (Å²) in [6.45, 7) is 4.12. The maximum Gasteiger partial charge on any atom is 0.253 e. The molecule has 2 aromatic heterocycles. The molecule has 6 nitrogen and oxygen atoms in total. The molecule has 0 saturated carbocycles. The lowest BCUT2D eigenvalue weighted by molar-refractivity contribution is 0.0155. The molecule has 4 rings (SSSR count). The first-order chi connectivity index (χ1) is 14.6. The predicted octanol–water partition coefficient (Wildman–Crippen LogP) is 4.00. The van der Waals surface area contributed by atoms with E-state index in [9.17, 15) is 5.11 Å². The Morgan fingerprint density at radius 3 is 2.23 bits per heavy atom. The minimum atomic E-state index is -0.646. The van der Waals surface area contributed by atoms with Crippen LogP contribution in [0.25, 0.3) is 5.78 Å². The molecule has 0 unspecified atom stereocenters. The predicted molar refractivity (Wildman–Crippen MR) is 118 cm³/mol. The number of nitrogens with zero attached hydrogens (tertiary/aromatic N) is 4. The highest BCUT2D eigenvalue weighted by Gasteiger charge is 2.17. The van der Waals surface area contributed by atoms with E-state index in [1.165, 1.54) is 11.8 Å². The van der Waals surface area contributed by atoms with E-state index in [0.717, 1.165) is 22.5 Å². The molecule has 0 bridgehead atoms. The molecule has 0 fully saturated rings. The van der Waals surface area contributed by atoms with Gasteiger partial charge >= 0.3 is 0 Å². The van der Waals surface area contributed by atoms with Crippen molar-refractivity contribution in [3.63, 3.8) is 0 Å². The van der Waals surface area contributed by atoms with Crippen LogP contribution in [0.5, 0.6) is 0 Å². The number of hydrogen-bond acceptors (Lipinski definition) is 6. The van der Waals surface area contributed by atoms with Gasteiger partial charge in [-0.05, 0) is 31.0 Å². The summed E-state index contributed by atoms with van der Waals surface area (Å²) in [7, 11) is 0. The van der Waals surface area contributed by atoms with E-state index in [-0.39, 0.29) is 12.7 Å². The second-order valence-electron chi connectivity index (χ2n) is 7.14. The maximum atomic E-state index is 10.5. The molecule has 2 heterocycles. The first kappa shape index (κ1) is 20.5. The van der Waals surface area contributed by atoms with Gasteiger partial charge in [-0.2, -0.15) is 4.98 Å². The summed E-state index contributed by atoms with van der Waals surface area (Å²) in [5.41, 5.74) is 4.00. The van der Waals surface area contributed by atoms with Crippen LogP contribution in [0.1, 0.15) is 28.6 Å². The first-order valence-electron chi connectivity index (χ1n) is 9.83. The van der Waals surface area contributed by atoms with E-state index in [4.69, 9.17) is 4.74 Å². The largest absolute Gasteiger partial charge is 0.390 e. The third kappa shape index (κ3) is 4.87. The number of fused-ring (bicyclic) bond motifs is 1. The van der Waals surface area contributed by atoms with Crippen LogP contribution < -0.4 is 0 Å². The fourth-order valence-corrected chi connectivity index (χ4v) is 4.00.